The van der Waals surface area contributed by atoms with Crippen LogP contribution in [0.1, 0.15) is 39.2 Å². The molecule has 1 heterocycles. The molecule has 0 saturated heterocycles. The zero-order valence-corrected chi connectivity index (χ0v) is 11.7. The second-order valence-electron chi connectivity index (χ2n) is 5.45. The molecule has 18 heavy (non-hydrogen) atoms. The third kappa shape index (κ3) is 1.96. The summed E-state index contributed by atoms with van der Waals surface area (Å²) in [4.78, 5) is 14.0. The summed E-state index contributed by atoms with van der Waals surface area (Å²) in [6, 6.07) is 8.37. The lowest BCUT2D eigenvalue weighted by molar-refractivity contribution is -0.114. The van der Waals surface area contributed by atoms with Gasteiger partial charge in [0.15, 0.2) is 5.78 Å². The summed E-state index contributed by atoms with van der Waals surface area (Å²) in [7, 11) is 2.04. The minimum Gasteiger partial charge on any atom is -0.347 e. The number of rotatable bonds is 3. The molecule has 0 fully saturated rings. The summed E-state index contributed by atoms with van der Waals surface area (Å²) in [5.41, 5.74) is 3.51. The zero-order valence-electron chi connectivity index (χ0n) is 11.7. The van der Waals surface area contributed by atoms with Crippen LogP contribution >= 0.6 is 0 Å². The predicted molar refractivity (Wildman–Crippen MR) is 75.9 cm³/mol. The number of allylic oxidation sites excluding steroid dienone is 2. The highest BCUT2D eigenvalue weighted by Gasteiger charge is 2.38. The number of hydrogen-bond acceptors (Lipinski definition) is 2. The van der Waals surface area contributed by atoms with Crippen LogP contribution in [0, 0.1) is 0 Å². The highest BCUT2D eigenvalue weighted by molar-refractivity contribution is 5.92. The lowest BCUT2D eigenvalue weighted by Crippen LogP contribution is -2.24. The number of nitrogens with zero attached hydrogens (tertiary/aromatic N) is 1. The molecule has 0 atom stereocenters. The highest BCUT2D eigenvalue weighted by Crippen LogP contribution is 2.46. The lowest BCUT2D eigenvalue weighted by atomic mass is 9.83. The molecule has 2 rings (SSSR count). The molecule has 0 saturated carbocycles. The van der Waals surface area contributed by atoms with E-state index in [4.69, 9.17) is 0 Å². The molecule has 0 spiro atoms. The average Bonchev–Trinajstić information content (AvgIpc) is 2.52. The SMILES string of the molecule is CCCC(=O)C=C1N(C)c2ccccc2C1(C)C. The summed E-state index contributed by atoms with van der Waals surface area (Å²) >= 11 is 0. The molecule has 0 aromatic heterocycles. The van der Waals surface area contributed by atoms with Gasteiger partial charge in [-0.25, -0.2) is 0 Å². The Bertz CT molecular complexity index is 500. The maximum absolute atomic E-state index is 11.9. The first-order valence-electron chi connectivity index (χ1n) is 6.56. The van der Waals surface area contributed by atoms with Crippen LogP contribution in [0.5, 0.6) is 0 Å². The summed E-state index contributed by atoms with van der Waals surface area (Å²) in [6.07, 6.45) is 3.35. The third-order valence-electron chi connectivity index (χ3n) is 3.73. The van der Waals surface area contributed by atoms with Gasteiger partial charge >= 0.3 is 0 Å². The Balaban J connectivity index is 2.44. The second-order valence-corrected chi connectivity index (χ2v) is 5.45. The summed E-state index contributed by atoms with van der Waals surface area (Å²) in [5.74, 6) is 0.222. The Kier molecular flexibility index (Phi) is 3.29. The van der Waals surface area contributed by atoms with Gasteiger partial charge in [0, 0.05) is 36.3 Å². The minimum atomic E-state index is -0.0885. The molecule has 96 valence electrons. The molecule has 0 N–H and O–H groups in total. The van der Waals surface area contributed by atoms with E-state index in [2.05, 4.69) is 36.9 Å². The van der Waals surface area contributed by atoms with Crippen molar-refractivity contribution >= 4 is 11.5 Å². The smallest absolute Gasteiger partial charge is 0.157 e. The molecule has 0 unspecified atom stereocenters. The maximum Gasteiger partial charge on any atom is 0.157 e. The van der Waals surface area contributed by atoms with Crippen molar-refractivity contribution in [3.05, 3.63) is 41.6 Å². The maximum atomic E-state index is 11.9. The quantitative estimate of drug-likeness (QED) is 0.755. The molecular weight excluding hydrogens is 222 g/mol. The molecular formula is C16H21NO. The molecule has 0 bridgehead atoms. The molecule has 2 heteroatoms. The van der Waals surface area contributed by atoms with Crippen LogP contribution in [0.25, 0.3) is 0 Å². The van der Waals surface area contributed by atoms with Crippen molar-refractivity contribution in [3.8, 4) is 0 Å². The van der Waals surface area contributed by atoms with Crippen molar-refractivity contribution in [1.29, 1.82) is 0 Å². The molecule has 1 aliphatic rings. The van der Waals surface area contributed by atoms with Gasteiger partial charge < -0.3 is 4.90 Å². The Morgan fingerprint density at radius 2 is 2.00 bits per heavy atom. The molecule has 1 aromatic rings. The van der Waals surface area contributed by atoms with Gasteiger partial charge in [-0.3, -0.25) is 4.79 Å². The van der Waals surface area contributed by atoms with Crippen LogP contribution in [0.4, 0.5) is 5.69 Å². The predicted octanol–water partition coefficient (Wildman–Crippen LogP) is 3.67. The van der Waals surface area contributed by atoms with Gasteiger partial charge in [-0.1, -0.05) is 39.0 Å². The fraction of sp³-hybridized carbons (Fsp3) is 0.438. The lowest BCUT2D eigenvalue weighted by Gasteiger charge is -2.23. The topological polar surface area (TPSA) is 20.3 Å². The molecule has 2 nitrogen and oxygen atoms in total. The van der Waals surface area contributed by atoms with Gasteiger partial charge in [-0.2, -0.15) is 0 Å². The zero-order chi connectivity index (χ0) is 13.3. The largest absolute Gasteiger partial charge is 0.347 e. The van der Waals surface area contributed by atoms with Gasteiger partial charge in [0.25, 0.3) is 0 Å². The Morgan fingerprint density at radius 3 is 2.61 bits per heavy atom. The van der Waals surface area contributed by atoms with E-state index in [-0.39, 0.29) is 11.2 Å². The molecule has 0 radical (unpaired) electrons. The van der Waals surface area contributed by atoms with E-state index in [9.17, 15) is 4.79 Å². The van der Waals surface area contributed by atoms with E-state index in [0.717, 1.165) is 12.1 Å². The Labute approximate surface area is 109 Å². The number of anilines is 1. The first kappa shape index (κ1) is 12.9. The first-order chi connectivity index (χ1) is 8.48. The van der Waals surface area contributed by atoms with Crippen LogP contribution in [-0.4, -0.2) is 12.8 Å². The number of fused-ring (bicyclic) bond motifs is 1. The van der Waals surface area contributed by atoms with Crippen molar-refractivity contribution in [3.63, 3.8) is 0 Å². The number of likely N-dealkylation sites (N-methyl/N-ethyl adjacent to an activating group) is 1. The van der Waals surface area contributed by atoms with E-state index < -0.39 is 0 Å². The molecule has 0 aliphatic carbocycles. The average molecular weight is 243 g/mol. The van der Waals surface area contributed by atoms with Crippen molar-refractivity contribution in [2.24, 2.45) is 0 Å². The number of hydrogen-bond donors (Lipinski definition) is 0. The van der Waals surface area contributed by atoms with E-state index in [1.165, 1.54) is 11.3 Å². The van der Waals surface area contributed by atoms with Crippen LogP contribution in [-0.2, 0) is 10.2 Å². The third-order valence-corrected chi connectivity index (χ3v) is 3.73. The molecule has 0 amide bonds. The van der Waals surface area contributed by atoms with Crippen LogP contribution < -0.4 is 4.90 Å². The van der Waals surface area contributed by atoms with Crippen LogP contribution in [0.15, 0.2) is 36.0 Å². The fourth-order valence-corrected chi connectivity index (χ4v) is 2.73. The van der Waals surface area contributed by atoms with Crippen LogP contribution in [0.3, 0.4) is 0 Å². The van der Waals surface area contributed by atoms with Gasteiger partial charge in [0.1, 0.15) is 0 Å². The van der Waals surface area contributed by atoms with Gasteiger partial charge in [-0.05, 0) is 18.1 Å². The van der Waals surface area contributed by atoms with Gasteiger partial charge in [0.2, 0.25) is 0 Å². The van der Waals surface area contributed by atoms with Crippen molar-refractivity contribution < 1.29 is 4.79 Å². The van der Waals surface area contributed by atoms with E-state index >= 15 is 0 Å². The second kappa shape index (κ2) is 4.60. The van der Waals surface area contributed by atoms with E-state index in [1.807, 2.05) is 26.1 Å². The first-order valence-corrected chi connectivity index (χ1v) is 6.56. The number of para-hydroxylation sites is 1. The van der Waals surface area contributed by atoms with E-state index in [1.54, 1.807) is 0 Å². The summed E-state index contributed by atoms with van der Waals surface area (Å²) < 4.78 is 0. The monoisotopic (exact) mass is 243 g/mol. The molecule has 1 aliphatic heterocycles. The van der Waals surface area contributed by atoms with Crippen LogP contribution in [0.2, 0.25) is 0 Å². The number of carbonyl (C=O) groups excluding carboxylic acids is 1. The minimum absolute atomic E-state index is 0.0885. The van der Waals surface area contributed by atoms with Crippen molar-refractivity contribution in [2.75, 3.05) is 11.9 Å². The van der Waals surface area contributed by atoms with Gasteiger partial charge in [-0.15, -0.1) is 0 Å². The van der Waals surface area contributed by atoms with E-state index in [0.29, 0.717) is 6.42 Å². The number of carbonyl (C=O) groups is 1. The van der Waals surface area contributed by atoms with Crippen molar-refractivity contribution in [2.45, 2.75) is 39.0 Å². The Morgan fingerprint density at radius 1 is 1.33 bits per heavy atom. The van der Waals surface area contributed by atoms with Crippen molar-refractivity contribution in [1.82, 2.24) is 0 Å². The Hall–Kier alpha value is -1.57. The number of ketones is 1. The standard InChI is InChI=1S/C16H21NO/c1-5-8-12(18)11-15-16(2,3)13-9-6-7-10-14(13)17(15)4/h6-7,9-11H,5,8H2,1-4H3. The summed E-state index contributed by atoms with van der Waals surface area (Å²) in [5, 5.41) is 0. The number of benzene rings is 1. The summed E-state index contributed by atoms with van der Waals surface area (Å²) in [6.45, 7) is 6.40. The molecule has 1 aromatic carbocycles. The van der Waals surface area contributed by atoms with Gasteiger partial charge in [0.05, 0.1) is 0 Å². The fourth-order valence-electron chi connectivity index (χ4n) is 2.73. The normalized spacial score (nSPS) is 19.1. The highest BCUT2D eigenvalue weighted by atomic mass is 16.1.